The molecule has 1 aromatic carbocycles. The van der Waals surface area contributed by atoms with Crippen LogP contribution in [0.1, 0.15) is 18.9 Å². The highest BCUT2D eigenvalue weighted by molar-refractivity contribution is 5.98. The number of pyridine rings is 1. The van der Waals surface area contributed by atoms with Crippen molar-refractivity contribution >= 4 is 22.6 Å². The quantitative estimate of drug-likeness (QED) is 0.663. The van der Waals surface area contributed by atoms with Crippen LogP contribution < -0.4 is 16.2 Å². The third kappa shape index (κ3) is 3.73. The van der Waals surface area contributed by atoms with Gasteiger partial charge in [-0.15, -0.1) is 0 Å². The number of fused-ring (bicyclic) bond motifs is 1. The Morgan fingerprint density at radius 3 is 2.52 bits per heavy atom. The van der Waals surface area contributed by atoms with Crippen molar-refractivity contribution in [3.8, 4) is 11.1 Å². The summed E-state index contributed by atoms with van der Waals surface area (Å²) in [5.41, 5.74) is -0.528. The molecule has 0 saturated carbocycles. The molecule has 1 aliphatic heterocycles. The number of carbonyl (C=O) groups is 1. The zero-order chi connectivity index (χ0) is 22.4. The first kappa shape index (κ1) is 20.8. The molecule has 2 aromatic heterocycles. The topological polar surface area (TPSA) is 88.9 Å². The Morgan fingerprint density at radius 1 is 1.19 bits per heavy atom. The molecule has 1 saturated heterocycles. The minimum atomic E-state index is -4.44. The van der Waals surface area contributed by atoms with Crippen molar-refractivity contribution in [3.63, 3.8) is 0 Å². The molecule has 3 heterocycles. The Hall–Kier alpha value is -3.43. The van der Waals surface area contributed by atoms with Crippen LogP contribution in [-0.4, -0.2) is 33.5 Å². The third-order valence-electron chi connectivity index (χ3n) is 5.63. The molecule has 10 heteroatoms. The second kappa shape index (κ2) is 7.36. The predicted octanol–water partition coefficient (Wildman–Crippen LogP) is 2.95. The van der Waals surface area contributed by atoms with Gasteiger partial charge in [0.2, 0.25) is 5.91 Å². The highest BCUT2D eigenvalue weighted by Gasteiger charge is 2.37. The number of hydrogen-bond acceptors (Lipinski definition) is 5. The van der Waals surface area contributed by atoms with Crippen LogP contribution in [0.15, 0.2) is 41.6 Å². The lowest BCUT2D eigenvalue weighted by molar-refractivity contribution is -0.137. The smallest absolute Gasteiger partial charge is 0.368 e. The zero-order valence-corrected chi connectivity index (χ0v) is 16.9. The number of anilines is 1. The van der Waals surface area contributed by atoms with Gasteiger partial charge in [-0.25, -0.2) is 9.97 Å². The molecule has 0 aliphatic carbocycles. The fourth-order valence-corrected chi connectivity index (χ4v) is 3.62. The Balaban J connectivity index is 1.78. The number of benzene rings is 1. The van der Waals surface area contributed by atoms with E-state index in [2.05, 4.69) is 20.6 Å². The van der Waals surface area contributed by atoms with Gasteiger partial charge in [0, 0.05) is 31.9 Å². The molecule has 4 rings (SSSR count). The van der Waals surface area contributed by atoms with Crippen LogP contribution in [-0.2, 0) is 18.0 Å². The number of aryl methyl sites for hydroxylation is 1. The van der Waals surface area contributed by atoms with Crippen molar-refractivity contribution in [1.29, 1.82) is 0 Å². The number of amides is 1. The van der Waals surface area contributed by atoms with Gasteiger partial charge in [0.15, 0.2) is 0 Å². The largest absolute Gasteiger partial charge is 0.416 e. The summed E-state index contributed by atoms with van der Waals surface area (Å²) in [7, 11) is 1.55. The van der Waals surface area contributed by atoms with Gasteiger partial charge in [0.05, 0.1) is 22.8 Å². The first-order chi connectivity index (χ1) is 14.6. The highest BCUT2D eigenvalue weighted by Crippen LogP contribution is 2.33. The summed E-state index contributed by atoms with van der Waals surface area (Å²) in [6.45, 7) is 2.69. The van der Waals surface area contributed by atoms with E-state index in [4.69, 9.17) is 0 Å². The van der Waals surface area contributed by atoms with Crippen LogP contribution in [0, 0.1) is 5.41 Å². The van der Waals surface area contributed by atoms with E-state index in [0.717, 1.165) is 12.1 Å². The molecule has 3 aromatic rings. The number of rotatable bonds is 4. The predicted molar refractivity (Wildman–Crippen MR) is 109 cm³/mol. The number of hydrogen-bond donors (Lipinski definition) is 2. The lowest BCUT2D eigenvalue weighted by Crippen LogP contribution is -2.35. The van der Waals surface area contributed by atoms with Gasteiger partial charge >= 0.3 is 6.18 Å². The van der Waals surface area contributed by atoms with Crippen molar-refractivity contribution in [1.82, 2.24) is 19.9 Å². The van der Waals surface area contributed by atoms with E-state index in [-0.39, 0.29) is 29.2 Å². The molecule has 1 aliphatic rings. The monoisotopic (exact) mass is 431 g/mol. The van der Waals surface area contributed by atoms with Crippen LogP contribution in [0.4, 0.5) is 19.0 Å². The van der Waals surface area contributed by atoms with Crippen LogP contribution in [0.2, 0.25) is 0 Å². The van der Waals surface area contributed by atoms with Crippen molar-refractivity contribution in [2.45, 2.75) is 19.5 Å². The maximum atomic E-state index is 12.9. The molecule has 162 valence electrons. The second-order valence-electron chi connectivity index (χ2n) is 7.90. The van der Waals surface area contributed by atoms with Crippen LogP contribution >= 0.6 is 0 Å². The Morgan fingerprint density at radius 2 is 1.90 bits per heavy atom. The first-order valence-electron chi connectivity index (χ1n) is 9.64. The van der Waals surface area contributed by atoms with Crippen molar-refractivity contribution in [2.24, 2.45) is 12.5 Å². The zero-order valence-electron chi connectivity index (χ0n) is 16.9. The highest BCUT2D eigenvalue weighted by atomic mass is 19.4. The average Bonchev–Trinajstić information content (AvgIpc) is 3.07. The van der Waals surface area contributed by atoms with Gasteiger partial charge in [0.1, 0.15) is 11.2 Å². The fraction of sp³-hybridized carbons (Fsp3) is 0.333. The number of carbonyl (C=O) groups excluding carboxylic acids is 1. The Labute approximate surface area is 175 Å². The normalized spacial score (nSPS) is 18.9. The number of nitrogens with zero attached hydrogens (tertiary/aromatic N) is 3. The van der Waals surface area contributed by atoms with Crippen molar-refractivity contribution in [2.75, 3.05) is 18.4 Å². The van der Waals surface area contributed by atoms with Crippen molar-refractivity contribution in [3.05, 3.63) is 52.7 Å². The maximum absolute atomic E-state index is 12.9. The van der Waals surface area contributed by atoms with Gasteiger partial charge in [0.25, 0.3) is 5.56 Å². The number of aromatic nitrogens is 3. The molecular weight excluding hydrogens is 411 g/mol. The molecule has 1 atom stereocenters. The molecule has 0 spiro atoms. The van der Waals surface area contributed by atoms with E-state index in [1.54, 1.807) is 7.05 Å². The molecule has 1 unspecified atom stereocenters. The number of alkyl halides is 3. The molecule has 7 nitrogen and oxygen atoms in total. The Kier molecular flexibility index (Phi) is 4.95. The van der Waals surface area contributed by atoms with Gasteiger partial charge in [-0.05, 0) is 31.0 Å². The van der Waals surface area contributed by atoms with E-state index in [0.29, 0.717) is 29.6 Å². The van der Waals surface area contributed by atoms with Gasteiger partial charge in [-0.1, -0.05) is 12.1 Å². The van der Waals surface area contributed by atoms with Crippen LogP contribution in [0.5, 0.6) is 0 Å². The molecular formula is C21H20F3N5O2. The molecule has 1 fully saturated rings. The molecule has 2 N–H and O–H groups in total. The second-order valence-corrected chi connectivity index (χ2v) is 7.90. The lowest BCUT2D eigenvalue weighted by Gasteiger charge is -2.21. The lowest BCUT2D eigenvalue weighted by atomic mass is 9.89. The Bertz CT molecular complexity index is 1220. The summed E-state index contributed by atoms with van der Waals surface area (Å²) in [6, 6.07) is 4.62. The summed E-state index contributed by atoms with van der Waals surface area (Å²) < 4.78 is 40.0. The van der Waals surface area contributed by atoms with Crippen LogP contribution in [0.25, 0.3) is 22.0 Å². The summed E-state index contributed by atoms with van der Waals surface area (Å²) in [5.74, 6) is 0.206. The van der Waals surface area contributed by atoms with E-state index >= 15 is 0 Å². The summed E-state index contributed by atoms with van der Waals surface area (Å²) >= 11 is 0. The number of halogens is 3. The molecule has 0 radical (unpaired) electrons. The summed E-state index contributed by atoms with van der Waals surface area (Å²) in [5, 5.41) is 6.11. The van der Waals surface area contributed by atoms with Gasteiger partial charge < -0.3 is 15.2 Å². The summed E-state index contributed by atoms with van der Waals surface area (Å²) in [6.07, 6.45) is -0.968. The van der Waals surface area contributed by atoms with Crippen LogP contribution in [0.3, 0.4) is 0 Å². The fourth-order valence-electron chi connectivity index (χ4n) is 3.62. The van der Waals surface area contributed by atoms with Gasteiger partial charge in [-0.3, -0.25) is 9.59 Å². The number of nitrogens with one attached hydrogen (secondary N) is 2. The molecule has 1 amide bonds. The minimum absolute atomic E-state index is 0.0725. The summed E-state index contributed by atoms with van der Waals surface area (Å²) in [4.78, 5) is 33.7. The minimum Gasteiger partial charge on any atom is -0.368 e. The first-order valence-corrected chi connectivity index (χ1v) is 9.64. The average molecular weight is 431 g/mol. The van der Waals surface area contributed by atoms with E-state index in [1.165, 1.54) is 29.2 Å². The molecule has 31 heavy (non-hydrogen) atoms. The van der Waals surface area contributed by atoms with E-state index in [1.807, 2.05) is 6.92 Å². The van der Waals surface area contributed by atoms with Crippen molar-refractivity contribution < 1.29 is 18.0 Å². The van der Waals surface area contributed by atoms with Gasteiger partial charge in [-0.2, -0.15) is 13.2 Å². The maximum Gasteiger partial charge on any atom is 0.416 e. The standard InChI is InChI=1S/C21H20F3N5O2/c1-20(7-8-25-19(20)31)10-27-17-15-16(28-11-29(2)18(15)30)14(9-26-17)12-3-5-13(6-4-12)21(22,23)24/h3-6,9,11H,7-8,10H2,1-2H3,(H,25,31)(H,26,27). The van der Waals surface area contributed by atoms with E-state index in [9.17, 15) is 22.8 Å². The molecule has 0 bridgehead atoms. The van der Waals surface area contributed by atoms with E-state index < -0.39 is 17.2 Å². The SMILES string of the molecule is Cn1cnc2c(-c3ccc(C(F)(F)F)cc3)cnc(NCC3(C)CCNC3=O)c2c1=O. The third-order valence-corrected chi connectivity index (χ3v) is 5.63.